The molecule has 0 amide bonds. The lowest BCUT2D eigenvalue weighted by Gasteiger charge is -2.23. The third-order valence-electron chi connectivity index (χ3n) is 2.88. The summed E-state index contributed by atoms with van der Waals surface area (Å²) in [5.74, 6) is 0.932. The summed E-state index contributed by atoms with van der Waals surface area (Å²) in [4.78, 5) is 2.31. The number of hydrogen-bond donors (Lipinski definition) is 0. The molecule has 2 rings (SSSR count). The number of benzene rings is 2. The average molecular weight is 241 g/mol. The zero-order valence-corrected chi connectivity index (χ0v) is 10.8. The van der Waals surface area contributed by atoms with Gasteiger partial charge >= 0.3 is 0 Å². The van der Waals surface area contributed by atoms with Crippen LogP contribution in [0.25, 0.3) is 0 Å². The predicted octanol–water partition coefficient (Wildman–Crippen LogP) is 3.59. The predicted molar refractivity (Wildman–Crippen MR) is 76.3 cm³/mol. The van der Waals surface area contributed by atoms with E-state index in [0.29, 0.717) is 6.61 Å². The Kier molecular flexibility index (Phi) is 4.65. The summed E-state index contributed by atoms with van der Waals surface area (Å²) < 4.78 is 5.72. The minimum absolute atomic E-state index is 0.701. The van der Waals surface area contributed by atoms with Crippen LogP contribution in [0.3, 0.4) is 0 Å². The smallest absolute Gasteiger partial charge is 0.119 e. The van der Waals surface area contributed by atoms with Crippen LogP contribution in [0.15, 0.2) is 60.7 Å². The number of likely N-dealkylation sites (N-methyl/N-ethyl adjacent to an activating group) is 1. The summed E-state index contributed by atoms with van der Waals surface area (Å²) in [5, 5.41) is 0. The molecule has 2 nitrogen and oxygen atoms in total. The van der Waals surface area contributed by atoms with Crippen LogP contribution in [-0.4, -0.2) is 19.7 Å². The van der Waals surface area contributed by atoms with Crippen molar-refractivity contribution in [2.45, 2.75) is 6.92 Å². The average Bonchev–Trinajstić information content (AvgIpc) is 2.46. The molecule has 2 aromatic carbocycles. The van der Waals surface area contributed by atoms with Gasteiger partial charge in [0.05, 0.1) is 6.54 Å². The van der Waals surface area contributed by atoms with Crippen molar-refractivity contribution in [2.75, 3.05) is 24.6 Å². The summed E-state index contributed by atoms with van der Waals surface area (Å²) in [6.45, 7) is 4.75. The fourth-order valence-electron chi connectivity index (χ4n) is 1.90. The minimum atomic E-state index is 0.701. The molecule has 0 N–H and O–H groups in total. The molecule has 0 unspecified atom stereocenters. The van der Waals surface area contributed by atoms with Crippen molar-refractivity contribution in [3.8, 4) is 5.75 Å². The van der Waals surface area contributed by atoms with Gasteiger partial charge in [-0.15, -0.1) is 0 Å². The first-order chi connectivity index (χ1) is 8.90. The molecule has 0 saturated heterocycles. The summed E-state index contributed by atoms with van der Waals surface area (Å²) in [6.07, 6.45) is 0. The highest BCUT2D eigenvalue weighted by atomic mass is 16.5. The van der Waals surface area contributed by atoms with Gasteiger partial charge in [-0.1, -0.05) is 36.4 Å². The second-order valence-corrected chi connectivity index (χ2v) is 4.08. The molecule has 0 aliphatic carbocycles. The highest BCUT2D eigenvalue weighted by molar-refractivity contribution is 5.45. The van der Waals surface area contributed by atoms with Crippen molar-refractivity contribution < 1.29 is 4.74 Å². The number of anilines is 1. The lowest BCUT2D eigenvalue weighted by Crippen LogP contribution is -2.27. The van der Waals surface area contributed by atoms with Crippen molar-refractivity contribution in [2.24, 2.45) is 0 Å². The van der Waals surface area contributed by atoms with Gasteiger partial charge < -0.3 is 9.64 Å². The number of para-hydroxylation sites is 2. The topological polar surface area (TPSA) is 12.5 Å². The van der Waals surface area contributed by atoms with Crippen molar-refractivity contribution in [3.63, 3.8) is 0 Å². The van der Waals surface area contributed by atoms with Gasteiger partial charge in [-0.2, -0.15) is 0 Å². The van der Waals surface area contributed by atoms with Crippen LogP contribution in [0.1, 0.15) is 6.92 Å². The Hall–Kier alpha value is -1.96. The first-order valence-electron chi connectivity index (χ1n) is 6.38. The largest absolute Gasteiger partial charge is 0.492 e. The molecule has 94 valence electrons. The van der Waals surface area contributed by atoms with E-state index in [2.05, 4.69) is 36.1 Å². The maximum absolute atomic E-state index is 5.72. The molecule has 0 atom stereocenters. The van der Waals surface area contributed by atoms with Crippen LogP contribution in [0, 0.1) is 0 Å². The summed E-state index contributed by atoms with van der Waals surface area (Å²) in [7, 11) is 0. The molecule has 0 bridgehead atoms. The summed E-state index contributed by atoms with van der Waals surface area (Å²) in [5.41, 5.74) is 1.25. The van der Waals surface area contributed by atoms with E-state index >= 15 is 0 Å². The first-order valence-corrected chi connectivity index (χ1v) is 6.38. The van der Waals surface area contributed by atoms with Gasteiger partial charge in [0.2, 0.25) is 0 Å². The lowest BCUT2D eigenvalue weighted by molar-refractivity contribution is 0.324. The monoisotopic (exact) mass is 241 g/mol. The van der Waals surface area contributed by atoms with Crippen LogP contribution in [-0.2, 0) is 0 Å². The standard InChI is InChI=1S/C16H19NO/c1-2-17(15-9-5-3-6-10-15)13-14-18-16-11-7-4-8-12-16/h3-12H,2,13-14H2,1H3. The number of rotatable bonds is 6. The fourth-order valence-corrected chi connectivity index (χ4v) is 1.90. The van der Waals surface area contributed by atoms with Gasteiger partial charge in [0, 0.05) is 12.2 Å². The van der Waals surface area contributed by atoms with Gasteiger partial charge in [0.1, 0.15) is 12.4 Å². The third-order valence-corrected chi connectivity index (χ3v) is 2.88. The second-order valence-electron chi connectivity index (χ2n) is 4.08. The van der Waals surface area contributed by atoms with E-state index in [9.17, 15) is 0 Å². The molecule has 0 aliphatic heterocycles. The van der Waals surface area contributed by atoms with Gasteiger partial charge in [-0.25, -0.2) is 0 Å². The molecular weight excluding hydrogens is 222 g/mol. The lowest BCUT2D eigenvalue weighted by atomic mass is 10.3. The third kappa shape index (κ3) is 3.52. The van der Waals surface area contributed by atoms with Crippen LogP contribution < -0.4 is 9.64 Å². The van der Waals surface area contributed by atoms with Gasteiger partial charge in [0.25, 0.3) is 0 Å². The quantitative estimate of drug-likeness (QED) is 0.766. The van der Waals surface area contributed by atoms with E-state index in [1.54, 1.807) is 0 Å². The van der Waals surface area contributed by atoms with Crippen LogP contribution in [0.4, 0.5) is 5.69 Å². The molecule has 0 saturated carbocycles. The van der Waals surface area contributed by atoms with Gasteiger partial charge in [-0.3, -0.25) is 0 Å². The van der Waals surface area contributed by atoms with Crippen LogP contribution in [0.2, 0.25) is 0 Å². The Labute approximate surface area is 109 Å². The fraction of sp³-hybridized carbons (Fsp3) is 0.250. The zero-order chi connectivity index (χ0) is 12.6. The number of nitrogens with zero attached hydrogens (tertiary/aromatic N) is 1. The van der Waals surface area contributed by atoms with E-state index in [1.165, 1.54) is 5.69 Å². The van der Waals surface area contributed by atoms with E-state index in [4.69, 9.17) is 4.74 Å². The molecule has 18 heavy (non-hydrogen) atoms. The first kappa shape index (κ1) is 12.5. The van der Waals surface area contributed by atoms with Crippen molar-refractivity contribution in [3.05, 3.63) is 60.7 Å². The van der Waals surface area contributed by atoms with E-state index in [-0.39, 0.29) is 0 Å². The summed E-state index contributed by atoms with van der Waals surface area (Å²) >= 11 is 0. The molecule has 0 aromatic heterocycles. The highest BCUT2D eigenvalue weighted by Gasteiger charge is 2.03. The van der Waals surface area contributed by atoms with Crippen molar-refractivity contribution >= 4 is 5.69 Å². The van der Waals surface area contributed by atoms with Crippen molar-refractivity contribution in [1.29, 1.82) is 0 Å². The van der Waals surface area contributed by atoms with Crippen LogP contribution in [0.5, 0.6) is 5.75 Å². The molecule has 0 heterocycles. The molecule has 0 fully saturated rings. The summed E-state index contributed by atoms with van der Waals surface area (Å²) in [6, 6.07) is 20.4. The Bertz CT molecular complexity index is 441. The molecule has 0 spiro atoms. The Balaban J connectivity index is 1.85. The second kappa shape index (κ2) is 6.70. The number of ether oxygens (including phenoxy) is 1. The Morgan fingerprint density at radius 1 is 0.889 bits per heavy atom. The van der Waals surface area contributed by atoms with E-state index in [1.807, 2.05) is 36.4 Å². The minimum Gasteiger partial charge on any atom is -0.492 e. The molecule has 2 heteroatoms. The highest BCUT2D eigenvalue weighted by Crippen LogP contribution is 2.13. The Morgan fingerprint density at radius 3 is 2.11 bits per heavy atom. The molecule has 0 radical (unpaired) electrons. The maximum Gasteiger partial charge on any atom is 0.119 e. The van der Waals surface area contributed by atoms with Gasteiger partial charge in [0.15, 0.2) is 0 Å². The maximum atomic E-state index is 5.72. The van der Waals surface area contributed by atoms with Crippen molar-refractivity contribution in [1.82, 2.24) is 0 Å². The molecule has 2 aromatic rings. The molecule has 0 aliphatic rings. The molecular formula is C16H19NO. The number of hydrogen-bond acceptors (Lipinski definition) is 2. The normalized spacial score (nSPS) is 10.1. The zero-order valence-electron chi connectivity index (χ0n) is 10.8. The SMILES string of the molecule is CCN(CCOc1ccccc1)c1ccccc1. The van der Waals surface area contributed by atoms with Gasteiger partial charge in [-0.05, 0) is 31.2 Å². The van der Waals surface area contributed by atoms with E-state index < -0.39 is 0 Å². The Morgan fingerprint density at radius 2 is 1.50 bits per heavy atom. The van der Waals surface area contributed by atoms with E-state index in [0.717, 1.165) is 18.8 Å². The van der Waals surface area contributed by atoms with Crippen LogP contribution >= 0.6 is 0 Å².